The molecular formula is C10H19ClN2O3. The fourth-order valence-corrected chi connectivity index (χ4v) is 1.56. The van der Waals surface area contributed by atoms with Crippen molar-refractivity contribution in [2.24, 2.45) is 11.7 Å². The normalized spacial score (nSPS) is 18.7. The Morgan fingerprint density at radius 2 is 2.00 bits per heavy atom. The molecule has 0 heterocycles. The Kier molecular flexibility index (Phi) is 6.36. The number of hydrogen-bond donors (Lipinski definition) is 2. The first-order valence-corrected chi connectivity index (χ1v) is 5.20. The zero-order valence-electron chi connectivity index (χ0n) is 9.56. The third kappa shape index (κ3) is 3.64. The predicted octanol–water partition coefficient (Wildman–Crippen LogP) is 0.213. The van der Waals surface area contributed by atoms with Crippen LogP contribution in [0, 0.1) is 5.92 Å². The van der Waals surface area contributed by atoms with Gasteiger partial charge < -0.3 is 15.8 Å². The summed E-state index contributed by atoms with van der Waals surface area (Å²) in [5.41, 5.74) is 5.75. The fraction of sp³-hybridized carbons (Fsp3) is 0.800. The molecule has 0 saturated heterocycles. The predicted molar refractivity (Wildman–Crippen MR) is 62.2 cm³/mol. The molecule has 2 unspecified atom stereocenters. The Hall–Kier alpha value is -0.810. The van der Waals surface area contributed by atoms with Crippen LogP contribution in [0.15, 0.2) is 0 Å². The molecule has 1 fully saturated rings. The highest BCUT2D eigenvalue weighted by molar-refractivity contribution is 5.87. The molecule has 1 amide bonds. The fourth-order valence-electron chi connectivity index (χ4n) is 1.56. The Bertz CT molecular complexity index is 256. The van der Waals surface area contributed by atoms with Crippen LogP contribution in [-0.2, 0) is 14.3 Å². The van der Waals surface area contributed by atoms with Gasteiger partial charge in [-0.25, -0.2) is 4.79 Å². The van der Waals surface area contributed by atoms with Crippen LogP contribution in [0.4, 0.5) is 0 Å². The molecule has 0 spiro atoms. The molecule has 0 aromatic rings. The summed E-state index contributed by atoms with van der Waals surface area (Å²) in [5.74, 6) is -0.448. The highest BCUT2D eigenvalue weighted by Crippen LogP contribution is 2.28. The molecule has 0 aliphatic heterocycles. The molecule has 1 aliphatic rings. The second-order valence-electron chi connectivity index (χ2n) is 3.97. The molecule has 0 aromatic heterocycles. The van der Waals surface area contributed by atoms with Crippen molar-refractivity contribution in [3.8, 4) is 0 Å². The van der Waals surface area contributed by atoms with Crippen molar-refractivity contribution in [3.63, 3.8) is 0 Å². The van der Waals surface area contributed by atoms with Crippen molar-refractivity contribution < 1.29 is 14.3 Å². The third-order valence-electron chi connectivity index (χ3n) is 2.87. The van der Waals surface area contributed by atoms with E-state index in [-0.39, 0.29) is 24.2 Å². The lowest BCUT2D eigenvalue weighted by atomic mass is 9.80. The maximum Gasteiger partial charge on any atom is 0.328 e. The highest BCUT2D eigenvalue weighted by Gasteiger charge is 2.30. The molecule has 6 heteroatoms. The number of ether oxygens (including phenoxy) is 1. The van der Waals surface area contributed by atoms with E-state index >= 15 is 0 Å². The van der Waals surface area contributed by atoms with Crippen LogP contribution < -0.4 is 11.1 Å². The minimum absolute atomic E-state index is 0. The van der Waals surface area contributed by atoms with Crippen LogP contribution in [0.25, 0.3) is 0 Å². The van der Waals surface area contributed by atoms with Crippen LogP contribution >= 0.6 is 12.4 Å². The van der Waals surface area contributed by atoms with Crippen LogP contribution in [0.2, 0.25) is 0 Å². The summed E-state index contributed by atoms with van der Waals surface area (Å²) in [6.07, 6.45) is 3.14. The Morgan fingerprint density at radius 3 is 2.38 bits per heavy atom. The lowest BCUT2D eigenvalue weighted by molar-refractivity contribution is -0.144. The van der Waals surface area contributed by atoms with Crippen LogP contribution in [-0.4, -0.2) is 31.1 Å². The summed E-state index contributed by atoms with van der Waals surface area (Å²) >= 11 is 0. The van der Waals surface area contributed by atoms with Crippen molar-refractivity contribution in [2.45, 2.75) is 38.3 Å². The maximum absolute atomic E-state index is 11.6. The van der Waals surface area contributed by atoms with Crippen molar-refractivity contribution in [3.05, 3.63) is 0 Å². The van der Waals surface area contributed by atoms with Gasteiger partial charge in [-0.05, 0) is 25.7 Å². The number of methoxy groups -OCH3 is 1. The van der Waals surface area contributed by atoms with Gasteiger partial charge in [0.15, 0.2) is 0 Å². The number of nitrogens with one attached hydrogen (secondary N) is 1. The lowest BCUT2D eigenvalue weighted by Gasteiger charge is -2.30. The Morgan fingerprint density at radius 1 is 1.44 bits per heavy atom. The summed E-state index contributed by atoms with van der Waals surface area (Å²) in [6.45, 7) is 1.58. The van der Waals surface area contributed by atoms with Gasteiger partial charge in [-0.1, -0.05) is 6.42 Å². The zero-order chi connectivity index (χ0) is 11.4. The van der Waals surface area contributed by atoms with Gasteiger partial charge in [-0.3, -0.25) is 4.79 Å². The van der Waals surface area contributed by atoms with E-state index < -0.39 is 18.1 Å². The number of esters is 1. The lowest BCUT2D eigenvalue weighted by Crippen LogP contribution is -2.51. The van der Waals surface area contributed by atoms with Gasteiger partial charge in [-0.15, -0.1) is 12.4 Å². The van der Waals surface area contributed by atoms with Crippen LogP contribution in [0.1, 0.15) is 26.2 Å². The standard InChI is InChI=1S/C10H18N2O3.ClH/c1-6(10(14)15-2)12-9(13)8(11)7-4-3-5-7;/h6-8H,3-5,11H2,1-2H3,(H,12,13);1H. The first-order valence-electron chi connectivity index (χ1n) is 5.20. The minimum atomic E-state index is -0.631. The van der Waals surface area contributed by atoms with E-state index in [1.165, 1.54) is 7.11 Å². The Labute approximate surface area is 101 Å². The van der Waals surface area contributed by atoms with Gasteiger partial charge in [0.2, 0.25) is 5.91 Å². The van der Waals surface area contributed by atoms with Gasteiger partial charge in [0.1, 0.15) is 6.04 Å². The zero-order valence-corrected chi connectivity index (χ0v) is 10.4. The molecule has 0 aromatic carbocycles. The largest absolute Gasteiger partial charge is 0.467 e. The van der Waals surface area contributed by atoms with Gasteiger partial charge >= 0.3 is 5.97 Å². The van der Waals surface area contributed by atoms with E-state index in [4.69, 9.17) is 5.73 Å². The van der Waals surface area contributed by atoms with Crippen LogP contribution in [0.5, 0.6) is 0 Å². The summed E-state index contributed by atoms with van der Waals surface area (Å²) in [5, 5.41) is 2.54. The van der Waals surface area contributed by atoms with Crippen molar-refractivity contribution in [1.29, 1.82) is 0 Å². The molecule has 3 N–H and O–H groups in total. The van der Waals surface area contributed by atoms with Gasteiger partial charge in [0, 0.05) is 0 Å². The molecule has 0 radical (unpaired) electrons. The summed E-state index contributed by atoms with van der Waals surface area (Å²) in [7, 11) is 1.29. The molecule has 16 heavy (non-hydrogen) atoms. The first kappa shape index (κ1) is 15.2. The number of carbonyl (C=O) groups excluding carboxylic acids is 2. The van der Waals surface area contributed by atoms with E-state index in [9.17, 15) is 9.59 Å². The van der Waals surface area contributed by atoms with Crippen LogP contribution in [0.3, 0.4) is 0 Å². The molecule has 1 saturated carbocycles. The monoisotopic (exact) mass is 250 g/mol. The summed E-state index contributed by atoms with van der Waals surface area (Å²) in [4.78, 5) is 22.6. The molecule has 94 valence electrons. The number of nitrogens with two attached hydrogens (primary N) is 1. The van der Waals surface area contributed by atoms with E-state index in [1.807, 2.05) is 0 Å². The van der Waals surface area contributed by atoms with Crippen molar-refractivity contribution in [1.82, 2.24) is 5.32 Å². The molecule has 0 bridgehead atoms. The second-order valence-corrected chi connectivity index (χ2v) is 3.97. The van der Waals surface area contributed by atoms with E-state index in [1.54, 1.807) is 6.92 Å². The molecule has 2 atom stereocenters. The SMILES string of the molecule is COC(=O)C(C)NC(=O)C(N)C1CCC1.Cl. The molecular weight excluding hydrogens is 232 g/mol. The van der Waals surface area contributed by atoms with E-state index in [2.05, 4.69) is 10.1 Å². The van der Waals surface area contributed by atoms with Crippen molar-refractivity contribution >= 4 is 24.3 Å². The third-order valence-corrected chi connectivity index (χ3v) is 2.87. The average Bonchev–Trinajstić information content (AvgIpc) is 2.13. The molecule has 5 nitrogen and oxygen atoms in total. The van der Waals surface area contributed by atoms with Crippen molar-refractivity contribution in [2.75, 3.05) is 7.11 Å². The molecule has 1 aliphatic carbocycles. The quantitative estimate of drug-likeness (QED) is 0.699. The van der Waals surface area contributed by atoms with Gasteiger partial charge in [0.05, 0.1) is 13.2 Å². The summed E-state index contributed by atoms with van der Waals surface area (Å²) < 4.78 is 4.50. The second kappa shape index (κ2) is 6.70. The number of amides is 1. The van der Waals surface area contributed by atoms with Gasteiger partial charge in [-0.2, -0.15) is 0 Å². The Balaban J connectivity index is 0.00000225. The highest BCUT2D eigenvalue weighted by atomic mass is 35.5. The smallest absolute Gasteiger partial charge is 0.328 e. The molecule has 1 rings (SSSR count). The first-order chi connectivity index (χ1) is 7.06. The topological polar surface area (TPSA) is 81.4 Å². The van der Waals surface area contributed by atoms with E-state index in [0.717, 1.165) is 19.3 Å². The number of halogens is 1. The van der Waals surface area contributed by atoms with Gasteiger partial charge in [0.25, 0.3) is 0 Å². The number of rotatable bonds is 4. The maximum atomic E-state index is 11.6. The number of hydrogen-bond acceptors (Lipinski definition) is 4. The van der Waals surface area contributed by atoms with E-state index in [0.29, 0.717) is 0 Å². The summed E-state index contributed by atoms with van der Waals surface area (Å²) in [6, 6.07) is -1.13. The average molecular weight is 251 g/mol. The minimum Gasteiger partial charge on any atom is -0.467 e. The number of carbonyl (C=O) groups is 2.